The molecule has 0 aromatic heterocycles. The van der Waals surface area contributed by atoms with Gasteiger partial charge in [-0.25, -0.2) is 0 Å². The van der Waals surface area contributed by atoms with Crippen molar-refractivity contribution in [1.29, 1.82) is 0 Å². The Bertz CT molecular complexity index is 943. The second-order valence-electron chi connectivity index (χ2n) is 7.11. The standard InChI is InChI=1S/C24H26N2OS/c1-3-26(4-2)24(27)23-20(15-18-9-5-8-12-22(18)28-23)19-10-6-7-11-21(19)25-16-17-13-14-17/h5-13,15,23,25H,3-4,14,16H2,1-2H3. The Morgan fingerprint density at radius 3 is 2.57 bits per heavy atom. The molecule has 1 atom stereocenters. The zero-order valence-electron chi connectivity index (χ0n) is 16.4. The number of hydrogen-bond donors (Lipinski definition) is 1. The lowest BCUT2D eigenvalue weighted by atomic mass is 9.96. The number of thioether (sulfide) groups is 1. The zero-order chi connectivity index (χ0) is 19.5. The highest BCUT2D eigenvalue weighted by Gasteiger charge is 2.32. The van der Waals surface area contributed by atoms with Crippen molar-refractivity contribution in [3.63, 3.8) is 0 Å². The molecule has 28 heavy (non-hydrogen) atoms. The van der Waals surface area contributed by atoms with E-state index in [1.807, 2.05) is 24.8 Å². The van der Waals surface area contributed by atoms with Crippen molar-refractivity contribution >= 4 is 35.0 Å². The molecule has 1 unspecified atom stereocenters. The van der Waals surface area contributed by atoms with E-state index >= 15 is 0 Å². The molecule has 4 heteroatoms. The van der Waals surface area contributed by atoms with E-state index in [2.05, 4.69) is 59.9 Å². The molecule has 2 aliphatic rings. The van der Waals surface area contributed by atoms with Gasteiger partial charge in [-0.3, -0.25) is 4.79 Å². The third kappa shape index (κ3) is 3.88. The van der Waals surface area contributed by atoms with Crippen LogP contribution in [0.15, 0.2) is 65.1 Å². The highest BCUT2D eigenvalue weighted by Crippen LogP contribution is 2.44. The summed E-state index contributed by atoms with van der Waals surface area (Å²) >= 11 is 1.67. The van der Waals surface area contributed by atoms with Crippen molar-refractivity contribution < 1.29 is 4.79 Å². The molecule has 0 spiro atoms. The Morgan fingerprint density at radius 2 is 1.82 bits per heavy atom. The number of carbonyl (C=O) groups excluding carboxylic acids is 1. The maximum absolute atomic E-state index is 13.4. The predicted octanol–water partition coefficient (Wildman–Crippen LogP) is 5.31. The fourth-order valence-electron chi connectivity index (χ4n) is 3.56. The molecular weight excluding hydrogens is 364 g/mol. The molecule has 0 radical (unpaired) electrons. The van der Waals surface area contributed by atoms with Crippen molar-refractivity contribution in [3.8, 4) is 0 Å². The number of fused-ring (bicyclic) bond motifs is 1. The molecule has 1 heterocycles. The monoisotopic (exact) mass is 390 g/mol. The van der Waals surface area contributed by atoms with Crippen molar-refractivity contribution in [3.05, 3.63) is 71.3 Å². The van der Waals surface area contributed by atoms with Gasteiger partial charge in [0.1, 0.15) is 5.25 Å². The topological polar surface area (TPSA) is 32.3 Å². The van der Waals surface area contributed by atoms with Gasteiger partial charge >= 0.3 is 0 Å². The lowest BCUT2D eigenvalue weighted by Crippen LogP contribution is -2.38. The van der Waals surface area contributed by atoms with Crippen LogP contribution in [0, 0.1) is 0 Å². The molecule has 0 saturated heterocycles. The first-order valence-electron chi connectivity index (χ1n) is 9.98. The number of hydrogen-bond acceptors (Lipinski definition) is 3. The fraction of sp³-hybridized carbons (Fsp3) is 0.292. The number of benzene rings is 2. The van der Waals surface area contributed by atoms with Crippen molar-refractivity contribution in [1.82, 2.24) is 4.90 Å². The summed E-state index contributed by atoms with van der Waals surface area (Å²) in [7, 11) is 0. The Morgan fingerprint density at radius 1 is 1.11 bits per heavy atom. The molecular formula is C24H26N2OS. The number of allylic oxidation sites excluding steroid dienone is 1. The lowest BCUT2D eigenvalue weighted by molar-refractivity contribution is -0.129. The summed E-state index contributed by atoms with van der Waals surface area (Å²) in [6.07, 6.45) is 5.56. The summed E-state index contributed by atoms with van der Waals surface area (Å²) in [6, 6.07) is 16.7. The average Bonchev–Trinajstić information content (AvgIpc) is 3.57. The molecule has 2 aromatic carbocycles. The number of nitrogens with zero attached hydrogens (tertiary/aromatic N) is 1. The highest BCUT2D eigenvalue weighted by molar-refractivity contribution is 8.01. The number of carbonyl (C=O) groups is 1. The van der Waals surface area contributed by atoms with Crippen LogP contribution < -0.4 is 5.32 Å². The van der Waals surface area contributed by atoms with Gasteiger partial charge in [-0.05, 0) is 49.6 Å². The van der Waals surface area contributed by atoms with E-state index in [0.29, 0.717) is 0 Å². The van der Waals surface area contributed by atoms with Crippen LogP contribution in [0.1, 0.15) is 31.4 Å². The van der Waals surface area contributed by atoms with E-state index in [1.165, 1.54) is 16.0 Å². The van der Waals surface area contributed by atoms with Gasteiger partial charge in [-0.1, -0.05) is 48.0 Å². The Balaban J connectivity index is 1.75. The molecule has 3 nitrogen and oxygen atoms in total. The molecule has 1 aliphatic carbocycles. The van der Waals surface area contributed by atoms with Crippen LogP contribution in [-0.4, -0.2) is 35.7 Å². The first-order chi connectivity index (χ1) is 13.7. The third-order valence-electron chi connectivity index (χ3n) is 5.29. The van der Waals surface area contributed by atoms with Gasteiger partial charge in [-0.15, -0.1) is 11.8 Å². The molecule has 0 bridgehead atoms. The number of nitrogens with one attached hydrogen (secondary N) is 1. The summed E-state index contributed by atoms with van der Waals surface area (Å²) < 4.78 is 0. The minimum Gasteiger partial charge on any atom is -0.381 e. The summed E-state index contributed by atoms with van der Waals surface area (Å²) in [5, 5.41) is 3.35. The first kappa shape index (κ1) is 18.9. The SMILES string of the molecule is CCN(CC)C(=O)C1Sc2ccccc2C=C1c1ccccc1NCC1=CC1. The minimum absolute atomic E-state index is 0.190. The van der Waals surface area contributed by atoms with Crippen LogP contribution in [0.25, 0.3) is 11.6 Å². The fourth-order valence-corrected chi connectivity index (χ4v) is 4.80. The van der Waals surface area contributed by atoms with Gasteiger partial charge in [0.05, 0.1) is 0 Å². The van der Waals surface area contributed by atoms with Crippen molar-refractivity contribution in [2.45, 2.75) is 30.4 Å². The smallest absolute Gasteiger partial charge is 0.240 e. The molecule has 144 valence electrons. The quantitative estimate of drug-likeness (QED) is 0.650. The molecule has 0 saturated carbocycles. The number of amides is 1. The van der Waals surface area contributed by atoms with Gasteiger partial charge in [-0.2, -0.15) is 0 Å². The van der Waals surface area contributed by atoms with Crippen molar-refractivity contribution in [2.75, 3.05) is 25.0 Å². The van der Waals surface area contributed by atoms with Gasteiger partial charge in [0.25, 0.3) is 0 Å². The minimum atomic E-state index is -0.224. The molecule has 4 rings (SSSR count). The van der Waals surface area contributed by atoms with Crippen LogP contribution in [0.3, 0.4) is 0 Å². The van der Waals surface area contributed by atoms with Gasteiger partial charge < -0.3 is 10.2 Å². The molecule has 1 amide bonds. The third-order valence-corrected chi connectivity index (χ3v) is 6.61. The summed E-state index contributed by atoms with van der Waals surface area (Å²) in [5.41, 5.74) is 5.94. The van der Waals surface area contributed by atoms with E-state index in [1.54, 1.807) is 11.8 Å². The molecule has 1 aliphatic heterocycles. The van der Waals surface area contributed by atoms with Gasteiger partial charge in [0, 0.05) is 35.8 Å². The predicted molar refractivity (Wildman–Crippen MR) is 120 cm³/mol. The van der Waals surface area contributed by atoms with Crippen LogP contribution in [0.4, 0.5) is 5.69 Å². The summed E-state index contributed by atoms with van der Waals surface area (Å²) in [4.78, 5) is 16.5. The molecule has 1 N–H and O–H groups in total. The zero-order valence-corrected chi connectivity index (χ0v) is 17.3. The van der Waals surface area contributed by atoms with E-state index in [-0.39, 0.29) is 11.2 Å². The molecule has 2 aromatic rings. The Hall–Kier alpha value is -2.46. The van der Waals surface area contributed by atoms with E-state index < -0.39 is 0 Å². The lowest BCUT2D eigenvalue weighted by Gasteiger charge is -2.30. The second-order valence-corrected chi connectivity index (χ2v) is 8.26. The number of anilines is 1. The van der Waals surface area contributed by atoms with E-state index in [9.17, 15) is 4.79 Å². The largest absolute Gasteiger partial charge is 0.381 e. The first-order valence-corrected chi connectivity index (χ1v) is 10.9. The number of para-hydroxylation sites is 1. The molecule has 0 fully saturated rings. The van der Waals surface area contributed by atoms with E-state index in [0.717, 1.165) is 42.9 Å². The van der Waals surface area contributed by atoms with Crippen molar-refractivity contribution in [2.24, 2.45) is 0 Å². The normalized spacial score (nSPS) is 17.3. The Kier molecular flexibility index (Phi) is 5.58. The summed E-state index contributed by atoms with van der Waals surface area (Å²) in [5.74, 6) is 0.190. The van der Waals surface area contributed by atoms with Crippen LogP contribution in [0.2, 0.25) is 0 Å². The second kappa shape index (κ2) is 8.27. The van der Waals surface area contributed by atoms with Crippen LogP contribution in [0.5, 0.6) is 0 Å². The summed E-state index contributed by atoms with van der Waals surface area (Å²) in [6.45, 7) is 6.43. The van der Waals surface area contributed by atoms with Crippen LogP contribution in [-0.2, 0) is 4.79 Å². The van der Waals surface area contributed by atoms with Gasteiger partial charge in [0.15, 0.2) is 0 Å². The van der Waals surface area contributed by atoms with Gasteiger partial charge in [0.2, 0.25) is 5.91 Å². The average molecular weight is 391 g/mol. The maximum atomic E-state index is 13.4. The maximum Gasteiger partial charge on any atom is 0.240 e. The number of rotatable bonds is 7. The highest BCUT2D eigenvalue weighted by atomic mass is 32.2. The van der Waals surface area contributed by atoms with E-state index in [4.69, 9.17) is 0 Å². The Labute approximate surface area is 171 Å². The van der Waals surface area contributed by atoms with Crippen LogP contribution >= 0.6 is 11.8 Å².